The van der Waals surface area contributed by atoms with Crippen molar-refractivity contribution in [1.82, 2.24) is 10.1 Å². The highest BCUT2D eigenvalue weighted by molar-refractivity contribution is 6.03. The van der Waals surface area contributed by atoms with Crippen LogP contribution >= 0.6 is 0 Å². The molecule has 0 amide bonds. The Morgan fingerprint density at radius 2 is 2.08 bits per heavy atom. The number of hydrogen-bond donors (Lipinski definition) is 1. The van der Waals surface area contributed by atoms with Gasteiger partial charge in [-0.3, -0.25) is 0 Å². The number of rotatable bonds is 4. The summed E-state index contributed by atoms with van der Waals surface area (Å²) >= 11 is 0. The zero-order valence-corrected chi connectivity index (χ0v) is 13.3. The van der Waals surface area contributed by atoms with E-state index in [1.165, 1.54) is 25.3 Å². The van der Waals surface area contributed by atoms with Gasteiger partial charge < -0.3 is 14.4 Å². The third-order valence-electron chi connectivity index (χ3n) is 3.70. The first kappa shape index (κ1) is 15.9. The summed E-state index contributed by atoms with van der Waals surface area (Å²) in [5, 5.41) is 13.8. The summed E-state index contributed by atoms with van der Waals surface area (Å²) in [6.07, 6.45) is 0. The van der Waals surface area contributed by atoms with Gasteiger partial charge in [-0.25, -0.2) is 14.2 Å². The van der Waals surface area contributed by atoms with Gasteiger partial charge in [0.15, 0.2) is 0 Å². The average molecular weight is 330 g/mol. The summed E-state index contributed by atoms with van der Waals surface area (Å²) < 4.78 is 24.4. The predicted octanol–water partition coefficient (Wildman–Crippen LogP) is 3.86. The minimum atomic E-state index is -1.15. The van der Waals surface area contributed by atoms with Crippen LogP contribution in [0.3, 0.4) is 0 Å². The molecule has 0 aliphatic carbocycles. The van der Waals surface area contributed by atoms with E-state index >= 15 is 0 Å². The van der Waals surface area contributed by atoms with Crippen LogP contribution in [0.1, 0.15) is 35.8 Å². The molecule has 1 aromatic carbocycles. The molecule has 2 aromatic heterocycles. The third-order valence-corrected chi connectivity index (χ3v) is 3.70. The number of ether oxygens (including phenoxy) is 1. The van der Waals surface area contributed by atoms with E-state index in [2.05, 4.69) is 10.1 Å². The molecule has 2 heterocycles. The van der Waals surface area contributed by atoms with Gasteiger partial charge in [0.25, 0.3) is 5.71 Å². The van der Waals surface area contributed by atoms with Crippen molar-refractivity contribution < 1.29 is 23.6 Å². The number of carboxylic acid groups (broad SMARTS) is 1. The quantitative estimate of drug-likeness (QED) is 0.782. The van der Waals surface area contributed by atoms with Gasteiger partial charge in [-0.05, 0) is 24.1 Å². The van der Waals surface area contributed by atoms with Gasteiger partial charge in [0.1, 0.15) is 11.6 Å². The van der Waals surface area contributed by atoms with Crippen LogP contribution < -0.4 is 4.74 Å². The fourth-order valence-electron chi connectivity index (χ4n) is 2.50. The smallest absolute Gasteiger partial charge is 0.336 e. The minimum absolute atomic E-state index is 0.0184. The lowest BCUT2D eigenvalue weighted by Crippen LogP contribution is -2.02. The number of fused-ring (bicyclic) bond motifs is 1. The van der Waals surface area contributed by atoms with Crippen LogP contribution in [0, 0.1) is 5.82 Å². The summed E-state index contributed by atoms with van der Waals surface area (Å²) in [6.45, 7) is 3.75. The molecule has 0 radical (unpaired) electrons. The van der Waals surface area contributed by atoms with Crippen molar-refractivity contribution in [1.29, 1.82) is 0 Å². The van der Waals surface area contributed by atoms with Crippen LogP contribution in [0.25, 0.3) is 22.4 Å². The summed E-state index contributed by atoms with van der Waals surface area (Å²) in [5.74, 6) is -1.39. The lowest BCUT2D eigenvalue weighted by molar-refractivity contribution is 0.0699. The van der Waals surface area contributed by atoms with Gasteiger partial charge in [-0.2, -0.15) is 0 Å². The molecule has 124 valence electrons. The van der Waals surface area contributed by atoms with E-state index in [9.17, 15) is 14.3 Å². The number of aromatic carboxylic acids is 1. The number of halogens is 1. The molecule has 0 saturated heterocycles. The first-order valence-corrected chi connectivity index (χ1v) is 7.30. The fourth-order valence-corrected chi connectivity index (χ4v) is 2.50. The summed E-state index contributed by atoms with van der Waals surface area (Å²) in [5.41, 5.74) is 0.879. The Labute approximate surface area is 136 Å². The minimum Gasteiger partial charge on any atom is -0.497 e. The van der Waals surface area contributed by atoms with Crippen LogP contribution in [-0.4, -0.2) is 28.3 Å². The average Bonchev–Trinajstić information content (AvgIpc) is 2.97. The molecule has 0 saturated carbocycles. The Kier molecular flexibility index (Phi) is 3.92. The second-order valence-corrected chi connectivity index (χ2v) is 5.61. The highest BCUT2D eigenvalue weighted by Gasteiger charge is 2.23. The number of aromatic nitrogens is 2. The zero-order valence-electron chi connectivity index (χ0n) is 13.3. The van der Waals surface area contributed by atoms with Gasteiger partial charge in [-0.1, -0.05) is 19.0 Å². The monoisotopic (exact) mass is 330 g/mol. The van der Waals surface area contributed by atoms with E-state index in [1.54, 1.807) is 6.07 Å². The largest absolute Gasteiger partial charge is 0.497 e. The number of nitrogens with zero attached hydrogens (tertiary/aromatic N) is 2. The molecule has 1 N–H and O–H groups in total. The van der Waals surface area contributed by atoms with Gasteiger partial charge >= 0.3 is 5.97 Å². The highest BCUT2D eigenvalue weighted by atomic mass is 19.1. The standard InChI is InChI=1S/C17H15FN2O4/c1-8(2)15-14-11(17(21)22)7-13(19-16(14)24-20-15)10-5-4-9(23-3)6-12(10)18/h4-8H,1-3H3,(H,21,22). The molecule has 0 bridgehead atoms. The van der Waals surface area contributed by atoms with Gasteiger partial charge in [0, 0.05) is 11.6 Å². The number of hydrogen-bond acceptors (Lipinski definition) is 5. The van der Waals surface area contributed by atoms with E-state index in [0.717, 1.165) is 0 Å². The van der Waals surface area contributed by atoms with Crippen LogP contribution in [0.2, 0.25) is 0 Å². The van der Waals surface area contributed by atoms with Crippen molar-refractivity contribution in [2.75, 3.05) is 7.11 Å². The molecule has 0 spiro atoms. The molecule has 0 unspecified atom stereocenters. The lowest BCUT2D eigenvalue weighted by Gasteiger charge is -2.07. The normalized spacial score (nSPS) is 11.2. The van der Waals surface area contributed by atoms with Crippen molar-refractivity contribution in [3.63, 3.8) is 0 Å². The molecule has 6 nitrogen and oxygen atoms in total. The Morgan fingerprint density at radius 1 is 1.33 bits per heavy atom. The van der Waals surface area contributed by atoms with Crippen LogP contribution in [0.5, 0.6) is 5.75 Å². The second-order valence-electron chi connectivity index (χ2n) is 5.61. The third kappa shape index (κ3) is 2.58. The van der Waals surface area contributed by atoms with E-state index in [-0.39, 0.29) is 28.5 Å². The summed E-state index contributed by atoms with van der Waals surface area (Å²) in [6, 6.07) is 5.60. The first-order chi connectivity index (χ1) is 11.4. The van der Waals surface area contributed by atoms with Crippen molar-refractivity contribution in [3.8, 4) is 17.0 Å². The van der Waals surface area contributed by atoms with Gasteiger partial charge in [0.05, 0.1) is 29.4 Å². The van der Waals surface area contributed by atoms with Crippen LogP contribution in [0.4, 0.5) is 4.39 Å². The van der Waals surface area contributed by atoms with Crippen LogP contribution in [0.15, 0.2) is 28.8 Å². The van der Waals surface area contributed by atoms with E-state index < -0.39 is 11.8 Å². The Hall–Kier alpha value is -2.96. The molecular formula is C17H15FN2O4. The molecular weight excluding hydrogens is 315 g/mol. The maximum Gasteiger partial charge on any atom is 0.336 e. The number of carboxylic acids is 1. The number of benzene rings is 1. The van der Waals surface area contributed by atoms with E-state index in [1.807, 2.05) is 13.8 Å². The summed E-state index contributed by atoms with van der Waals surface area (Å²) in [7, 11) is 1.43. The van der Waals surface area contributed by atoms with E-state index in [4.69, 9.17) is 9.26 Å². The number of carbonyl (C=O) groups is 1. The Morgan fingerprint density at radius 3 is 2.67 bits per heavy atom. The maximum atomic E-state index is 14.3. The fraction of sp³-hybridized carbons (Fsp3) is 0.235. The van der Waals surface area contributed by atoms with Crippen LogP contribution in [-0.2, 0) is 0 Å². The van der Waals surface area contributed by atoms with Gasteiger partial charge in [-0.15, -0.1) is 0 Å². The summed E-state index contributed by atoms with van der Waals surface area (Å²) in [4.78, 5) is 15.9. The van der Waals surface area contributed by atoms with Crippen molar-refractivity contribution in [2.24, 2.45) is 0 Å². The Bertz CT molecular complexity index is 934. The second kappa shape index (κ2) is 5.92. The van der Waals surface area contributed by atoms with Gasteiger partial charge in [0.2, 0.25) is 0 Å². The topological polar surface area (TPSA) is 85.5 Å². The molecule has 0 fully saturated rings. The Balaban J connectivity index is 2.26. The van der Waals surface area contributed by atoms with E-state index in [0.29, 0.717) is 16.8 Å². The first-order valence-electron chi connectivity index (χ1n) is 7.30. The maximum absolute atomic E-state index is 14.3. The van der Waals surface area contributed by atoms with Crippen molar-refractivity contribution >= 4 is 17.1 Å². The molecule has 3 aromatic rings. The molecule has 24 heavy (non-hydrogen) atoms. The van der Waals surface area contributed by atoms with Crippen molar-refractivity contribution in [3.05, 3.63) is 41.3 Å². The molecule has 0 aliphatic heterocycles. The number of methoxy groups -OCH3 is 1. The predicted molar refractivity (Wildman–Crippen MR) is 84.8 cm³/mol. The number of pyridine rings is 1. The molecule has 0 atom stereocenters. The highest BCUT2D eigenvalue weighted by Crippen LogP contribution is 2.32. The molecule has 7 heteroatoms. The van der Waals surface area contributed by atoms with Crippen molar-refractivity contribution in [2.45, 2.75) is 19.8 Å². The zero-order chi connectivity index (χ0) is 17.4. The molecule has 0 aliphatic rings. The SMILES string of the molecule is COc1ccc(-c2cc(C(=O)O)c3c(C(C)C)noc3n2)c(F)c1. The molecule has 3 rings (SSSR count). The lowest BCUT2D eigenvalue weighted by atomic mass is 10.0.